The van der Waals surface area contributed by atoms with Gasteiger partial charge in [0, 0.05) is 5.57 Å². The number of carbonyl (C=O) groups excluding carboxylic acids is 1. The first kappa shape index (κ1) is 17.8. The van der Waals surface area contributed by atoms with E-state index in [1.807, 2.05) is 0 Å². The third-order valence-electron chi connectivity index (χ3n) is 8.33. The molecule has 4 aliphatic carbocycles. The molecule has 0 amide bonds. The zero-order valence-electron chi connectivity index (χ0n) is 16.0. The zero-order chi connectivity index (χ0) is 18.7. The van der Waals surface area contributed by atoms with Crippen LogP contribution < -0.4 is 0 Å². The fourth-order valence-corrected chi connectivity index (χ4v) is 7.08. The summed E-state index contributed by atoms with van der Waals surface area (Å²) >= 11 is 0. The third kappa shape index (κ3) is 2.26. The molecule has 0 bridgehead atoms. The molecule has 0 saturated heterocycles. The van der Waals surface area contributed by atoms with Crippen molar-refractivity contribution in [2.24, 2.45) is 34.5 Å². The lowest BCUT2D eigenvalue weighted by Crippen LogP contribution is -2.56. The van der Waals surface area contributed by atoms with Crippen molar-refractivity contribution in [1.82, 2.24) is 0 Å². The average molecular weight is 355 g/mol. The molecule has 0 radical (unpaired) electrons. The van der Waals surface area contributed by atoms with Gasteiger partial charge >= 0.3 is 5.97 Å². The highest BCUT2D eigenvalue weighted by molar-refractivity contribution is 5.74. The van der Waals surface area contributed by atoms with Crippen molar-refractivity contribution in [3.05, 3.63) is 23.3 Å². The van der Waals surface area contributed by atoms with Crippen molar-refractivity contribution in [2.75, 3.05) is 7.11 Å². The van der Waals surface area contributed by atoms with Gasteiger partial charge in [-0.25, -0.2) is 0 Å². The summed E-state index contributed by atoms with van der Waals surface area (Å²) in [6, 6.07) is 2.31. The fraction of sp³-hybridized carbons (Fsp3) is 0.727. The smallest absolute Gasteiger partial charge is 0.309 e. The molecule has 140 valence electrons. The Labute approximate surface area is 155 Å². The molecule has 4 heteroatoms. The first-order chi connectivity index (χ1) is 12.3. The number of ether oxygens (including phenoxy) is 1. The highest BCUT2D eigenvalue weighted by atomic mass is 16.5. The molecule has 1 N–H and O–H groups in total. The van der Waals surface area contributed by atoms with Crippen LogP contribution in [-0.4, -0.2) is 24.3 Å². The second-order valence-electron chi connectivity index (χ2n) is 9.32. The maximum absolute atomic E-state index is 12.3. The number of nitriles is 1. The van der Waals surface area contributed by atoms with Gasteiger partial charge in [-0.15, -0.1) is 0 Å². The Morgan fingerprint density at radius 1 is 1.38 bits per heavy atom. The number of nitrogens with zero attached hydrogens (tertiary/aromatic N) is 1. The number of fused-ring (bicyclic) bond motifs is 5. The highest BCUT2D eigenvalue weighted by Crippen LogP contribution is 2.66. The number of rotatable bonds is 1. The first-order valence-corrected chi connectivity index (χ1v) is 9.92. The van der Waals surface area contributed by atoms with Gasteiger partial charge in [0.2, 0.25) is 0 Å². The number of allylic oxidation sites excluding steroid dienone is 4. The van der Waals surface area contributed by atoms with E-state index in [1.54, 1.807) is 0 Å². The van der Waals surface area contributed by atoms with Crippen LogP contribution in [-0.2, 0) is 9.53 Å². The predicted molar refractivity (Wildman–Crippen MR) is 97.7 cm³/mol. The van der Waals surface area contributed by atoms with Gasteiger partial charge in [0.05, 0.1) is 25.2 Å². The quantitative estimate of drug-likeness (QED) is 0.727. The molecular weight excluding hydrogens is 326 g/mol. The number of hydrogen-bond acceptors (Lipinski definition) is 4. The first-order valence-electron chi connectivity index (χ1n) is 9.92. The molecule has 26 heavy (non-hydrogen) atoms. The summed E-state index contributed by atoms with van der Waals surface area (Å²) in [6.45, 7) is 4.47. The summed E-state index contributed by atoms with van der Waals surface area (Å²) < 4.78 is 5.08. The van der Waals surface area contributed by atoms with Crippen LogP contribution in [0.5, 0.6) is 0 Å². The lowest BCUT2D eigenvalue weighted by Gasteiger charge is -2.58. The van der Waals surface area contributed by atoms with E-state index in [0.717, 1.165) is 37.7 Å². The van der Waals surface area contributed by atoms with Crippen LogP contribution in [0.1, 0.15) is 52.4 Å². The molecule has 0 aromatic heterocycles. The van der Waals surface area contributed by atoms with E-state index in [1.165, 1.54) is 12.7 Å². The summed E-state index contributed by atoms with van der Waals surface area (Å²) in [5.74, 6) is 0.870. The van der Waals surface area contributed by atoms with Crippen molar-refractivity contribution >= 4 is 5.97 Å². The SMILES string of the molecule is COC(=O)[C@H]1CC[C@H]2[C@@H]3CC=C4C=C(C#N)CC[C@]4(C)[C@H]3[C@@H](O)C[C@]12C. The van der Waals surface area contributed by atoms with E-state index >= 15 is 0 Å². The summed E-state index contributed by atoms with van der Waals surface area (Å²) in [4.78, 5) is 12.3. The summed E-state index contributed by atoms with van der Waals surface area (Å²) in [5.41, 5.74) is 1.87. The third-order valence-corrected chi connectivity index (χ3v) is 8.33. The van der Waals surface area contributed by atoms with Gasteiger partial charge in [0.25, 0.3) is 0 Å². The topological polar surface area (TPSA) is 70.3 Å². The molecule has 0 aromatic rings. The van der Waals surface area contributed by atoms with Crippen LogP contribution in [0.25, 0.3) is 0 Å². The number of esters is 1. The zero-order valence-corrected chi connectivity index (χ0v) is 16.0. The van der Waals surface area contributed by atoms with Gasteiger partial charge in [0.15, 0.2) is 0 Å². The second kappa shape index (κ2) is 5.96. The van der Waals surface area contributed by atoms with Gasteiger partial charge in [-0.3, -0.25) is 4.79 Å². The maximum atomic E-state index is 12.3. The molecule has 4 nitrogen and oxygen atoms in total. The summed E-state index contributed by atoms with van der Waals surface area (Å²) in [5, 5.41) is 20.5. The monoisotopic (exact) mass is 355 g/mol. The number of aliphatic hydroxyl groups is 1. The van der Waals surface area contributed by atoms with Crippen LogP contribution in [0, 0.1) is 45.8 Å². The Morgan fingerprint density at radius 2 is 2.15 bits per heavy atom. The Bertz CT molecular complexity index is 732. The van der Waals surface area contributed by atoms with Gasteiger partial charge in [-0.05, 0) is 78.8 Å². The van der Waals surface area contributed by atoms with Crippen molar-refractivity contribution in [2.45, 2.75) is 58.5 Å². The number of methoxy groups -OCH3 is 1. The van der Waals surface area contributed by atoms with Crippen molar-refractivity contribution in [3.8, 4) is 6.07 Å². The number of carbonyl (C=O) groups is 1. The maximum Gasteiger partial charge on any atom is 0.309 e. The minimum atomic E-state index is -0.405. The largest absolute Gasteiger partial charge is 0.469 e. The minimum Gasteiger partial charge on any atom is -0.469 e. The summed E-state index contributed by atoms with van der Waals surface area (Å²) in [7, 11) is 1.47. The van der Waals surface area contributed by atoms with Crippen LogP contribution in [0.2, 0.25) is 0 Å². The van der Waals surface area contributed by atoms with Gasteiger partial charge in [0.1, 0.15) is 0 Å². The molecule has 0 aromatic carbocycles. The van der Waals surface area contributed by atoms with E-state index in [-0.39, 0.29) is 28.6 Å². The number of hydrogen-bond donors (Lipinski definition) is 1. The molecule has 0 unspecified atom stereocenters. The molecule has 2 saturated carbocycles. The average Bonchev–Trinajstić information content (AvgIpc) is 2.96. The molecular formula is C22H29NO3. The minimum absolute atomic E-state index is 0.0621. The van der Waals surface area contributed by atoms with E-state index in [9.17, 15) is 15.2 Å². The summed E-state index contributed by atoms with van der Waals surface area (Å²) in [6.07, 6.45) is 9.23. The van der Waals surface area contributed by atoms with E-state index in [2.05, 4.69) is 32.1 Å². The van der Waals surface area contributed by atoms with E-state index in [4.69, 9.17) is 4.74 Å². The van der Waals surface area contributed by atoms with Gasteiger partial charge in [-0.1, -0.05) is 19.9 Å². The molecule has 0 heterocycles. The van der Waals surface area contributed by atoms with Crippen LogP contribution in [0.3, 0.4) is 0 Å². The molecule has 2 fully saturated rings. The second-order valence-corrected chi connectivity index (χ2v) is 9.32. The van der Waals surface area contributed by atoms with Crippen LogP contribution in [0.4, 0.5) is 0 Å². The number of aliphatic hydroxyl groups excluding tert-OH is 1. The normalized spacial score (nSPS) is 46.8. The van der Waals surface area contributed by atoms with Crippen LogP contribution >= 0.6 is 0 Å². The van der Waals surface area contributed by atoms with Crippen molar-refractivity contribution < 1.29 is 14.6 Å². The van der Waals surface area contributed by atoms with Gasteiger partial charge in [-0.2, -0.15) is 5.26 Å². The highest BCUT2D eigenvalue weighted by Gasteiger charge is 2.62. The molecule has 0 spiro atoms. The Morgan fingerprint density at radius 3 is 2.85 bits per heavy atom. The standard InChI is InChI=1S/C22H29NO3/c1-21-9-8-13(12-23)10-14(21)4-5-15-16-6-7-17(20(25)26-3)22(16,2)11-18(24)19(15)21/h4,10,15-19,24H,5-9,11H2,1-3H3/t15-,16-,17+,18-,19+,21-,22-/m0/s1. The fourth-order valence-electron chi connectivity index (χ4n) is 7.08. The lowest BCUT2D eigenvalue weighted by atomic mass is 9.47. The molecule has 4 rings (SSSR count). The Kier molecular flexibility index (Phi) is 4.08. The van der Waals surface area contributed by atoms with Crippen LogP contribution in [0.15, 0.2) is 23.3 Å². The van der Waals surface area contributed by atoms with Crippen molar-refractivity contribution in [1.29, 1.82) is 5.26 Å². The molecule has 4 aliphatic rings. The van der Waals surface area contributed by atoms with Gasteiger partial charge < -0.3 is 9.84 Å². The predicted octanol–water partition coefficient (Wildman–Crippen LogP) is 3.77. The Balaban J connectivity index is 1.72. The molecule has 7 atom stereocenters. The van der Waals surface area contributed by atoms with Crippen molar-refractivity contribution in [3.63, 3.8) is 0 Å². The van der Waals surface area contributed by atoms with E-state index in [0.29, 0.717) is 18.3 Å². The Hall–Kier alpha value is -1.60. The molecule has 0 aliphatic heterocycles. The van der Waals surface area contributed by atoms with E-state index < -0.39 is 6.10 Å². The lowest BCUT2D eigenvalue weighted by molar-refractivity contribution is -0.158.